The summed E-state index contributed by atoms with van der Waals surface area (Å²) in [7, 11) is 0. The molecule has 4 nitrogen and oxygen atoms in total. The van der Waals surface area contributed by atoms with E-state index in [1.165, 1.54) is 32.1 Å². The Hall–Kier alpha value is -0.770. The molecular weight excluding hydrogens is 240 g/mol. The summed E-state index contributed by atoms with van der Waals surface area (Å²) in [5.41, 5.74) is 5.49. The standard InChI is InChI=1S/C15H30N2O2/c1-14(2,3)19-13(18)17-11-15(4,10-16)12-8-6-5-7-9-12/h12H,5-11,16H2,1-4H3,(H,17,18). The van der Waals surface area contributed by atoms with E-state index >= 15 is 0 Å². The van der Waals surface area contributed by atoms with E-state index in [0.717, 1.165) is 0 Å². The molecule has 19 heavy (non-hydrogen) atoms. The second-order valence-corrected chi connectivity index (χ2v) is 7.05. The minimum atomic E-state index is -0.450. The van der Waals surface area contributed by atoms with Crippen molar-refractivity contribution in [2.75, 3.05) is 13.1 Å². The van der Waals surface area contributed by atoms with Gasteiger partial charge in [0.1, 0.15) is 5.60 Å². The number of nitrogens with two attached hydrogens (primary N) is 1. The zero-order valence-corrected chi connectivity index (χ0v) is 12.9. The summed E-state index contributed by atoms with van der Waals surface area (Å²) in [6.45, 7) is 9.00. The predicted molar refractivity (Wildman–Crippen MR) is 78.0 cm³/mol. The molecule has 0 spiro atoms. The normalized spacial score (nSPS) is 20.7. The highest BCUT2D eigenvalue weighted by atomic mass is 16.6. The Morgan fingerprint density at radius 3 is 2.26 bits per heavy atom. The van der Waals surface area contributed by atoms with Gasteiger partial charge in [-0.3, -0.25) is 0 Å². The highest BCUT2D eigenvalue weighted by Gasteiger charge is 2.34. The van der Waals surface area contributed by atoms with Crippen LogP contribution in [-0.2, 0) is 4.74 Å². The topological polar surface area (TPSA) is 64.3 Å². The maximum Gasteiger partial charge on any atom is 0.407 e. The Labute approximate surface area is 117 Å². The van der Waals surface area contributed by atoms with Crippen LogP contribution in [0.2, 0.25) is 0 Å². The maximum atomic E-state index is 11.7. The number of hydrogen-bond donors (Lipinski definition) is 2. The second kappa shape index (κ2) is 6.60. The first kappa shape index (κ1) is 16.3. The van der Waals surface area contributed by atoms with Crippen molar-refractivity contribution in [1.82, 2.24) is 5.32 Å². The molecule has 1 amide bonds. The zero-order chi connectivity index (χ0) is 14.5. The first-order valence-electron chi connectivity index (χ1n) is 7.44. The largest absolute Gasteiger partial charge is 0.444 e. The quantitative estimate of drug-likeness (QED) is 0.825. The fraction of sp³-hybridized carbons (Fsp3) is 0.933. The molecule has 0 aliphatic heterocycles. The Morgan fingerprint density at radius 1 is 1.21 bits per heavy atom. The van der Waals surface area contributed by atoms with Gasteiger partial charge in [0.15, 0.2) is 0 Å². The van der Waals surface area contributed by atoms with Gasteiger partial charge < -0.3 is 15.8 Å². The van der Waals surface area contributed by atoms with Gasteiger partial charge in [0.2, 0.25) is 0 Å². The number of carbonyl (C=O) groups is 1. The molecule has 4 heteroatoms. The van der Waals surface area contributed by atoms with Crippen LogP contribution in [0.15, 0.2) is 0 Å². The van der Waals surface area contributed by atoms with Crippen molar-refractivity contribution in [3.05, 3.63) is 0 Å². The Balaban J connectivity index is 2.48. The van der Waals surface area contributed by atoms with Gasteiger partial charge in [-0.05, 0) is 46.1 Å². The highest BCUT2D eigenvalue weighted by molar-refractivity contribution is 5.67. The molecule has 0 aromatic carbocycles. The molecule has 0 saturated heterocycles. The van der Waals surface area contributed by atoms with Gasteiger partial charge in [0.05, 0.1) is 0 Å². The van der Waals surface area contributed by atoms with Crippen molar-refractivity contribution in [3.63, 3.8) is 0 Å². The van der Waals surface area contributed by atoms with Gasteiger partial charge in [0.25, 0.3) is 0 Å². The summed E-state index contributed by atoms with van der Waals surface area (Å²) in [4.78, 5) is 11.7. The molecular formula is C15H30N2O2. The zero-order valence-electron chi connectivity index (χ0n) is 12.9. The van der Waals surface area contributed by atoms with Gasteiger partial charge in [-0.1, -0.05) is 26.2 Å². The van der Waals surface area contributed by atoms with Crippen molar-refractivity contribution in [1.29, 1.82) is 0 Å². The van der Waals surface area contributed by atoms with Gasteiger partial charge in [-0.15, -0.1) is 0 Å². The molecule has 1 rings (SSSR count). The maximum absolute atomic E-state index is 11.7. The molecule has 1 aliphatic rings. The van der Waals surface area contributed by atoms with Crippen LogP contribution >= 0.6 is 0 Å². The lowest BCUT2D eigenvalue weighted by atomic mass is 9.70. The second-order valence-electron chi connectivity index (χ2n) is 7.05. The lowest BCUT2D eigenvalue weighted by Gasteiger charge is -2.39. The number of ether oxygens (including phenoxy) is 1. The smallest absolute Gasteiger partial charge is 0.407 e. The molecule has 1 fully saturated rings. The van der Waals surface area contributed by atoms with E-state index in [4.69, 9.17) is 10.5 Å². The molecule has 0 aromatic rings. The van der Waals surface area contributed by atoms with E-state index in [2.05, 4.69) is 12.2 Å². The Morgan fingerprint density at radius 2 is 1.79 bits per heavy atom. The lowest BCUT2D eigenvalue weighted by Crippen LogP contribution is -2.47. The van der Waals surface area contributed by atoms with Gasteiger partial charge in [0, 0.05) is 12.0 Å². The third-order valence-corrected chi connectivity index (χ3v) is 4.09. The summed E-state index contributed by atoms with van der Waals surface area (Å²) in [6.07, 6.45) is 6.01. The molecule has 0 aromatic heterocycles. The first-order valence-corrected chi connectivity index (χ1v) is 7.44. The number of alkyl carbamates (subject to hydrolysis) is 1. The van der Waals surface area contributed by atoms with E-state index in [0.29, 0.717) is 19.0 Å². The van der Waals surface area contributed by atoms with Crippen LogP contribution in [0.1, 0.15) is 59.8 Å². The van der Waals surface area contributed by atoms with Gasteiger partial charge in [-0.2, -0.15) is 0 Å². The van der Waals surface area contributed by atoms with Crippen LogP contribution in [0.5, 0.6) is 0 Å². The fourth-order valence-corrected chi connectivity index (χ4v) is 2.77. The van der Waals surface area contributed by atoms with Crippen molar-refractivity contribution in [2.24, 2.45) is 17.1 Å². The van der Waals surface area contributed by atoms with E-state index < -0.39 is 5.60 Å². The summed E-state index contributed by atoms with van der Waals surface area (Å²) in [5, 5.41) is 2.89. The third-order valence-electron chi connectivity index (χ3n) is 4.09. The van der Waals surface area contributed by atoms with Crippen molar-refractivity contribution in [2.45, 2.75) is 65.4 Å². The number of amides is 1. The average Bonchev–Trinajstić information content (AvgIpc) is 2.35. The van der Waals surface area contributed by atoms with Gasteiger partial charge in [-0.25, -0.2) is 4.79 Å². The molecule has 1 unspecified atom stereocenters. The van der Waals surface area contributed by atoms with E-state index in [1.807, 2.05) is 20.8 Å². The molecule has 1 aliphatic carbocycles. The monoisotopic (exact) mass is 270 g/mol. The average molecular weight is 270 g/mol. The lowest BCUT2D eigenvalue weighted by molar-refractivity contribution is 0.0471. The minimum Gasteiger partial charge on any atom is -0.444 e. The predicted octanol–water partition coefficient (Wildman–Crippen LogP) is 3.06. The number of hydrogen-bond acceptors (Lipinski definition) is 3. The van der Waals surface area contributed by atoms with Crippen LogP contribution in [0, 0.1) is 11.3 Å². The minimum absolute atomic E-state index is 0.0165. The fourth-order valence-electron chi connectivity index (χ4n) is 2.77. The first-order chi connectivity index (χ1) is 8.77. The molecule has 1 atom stereocenters. The number of rotatable bonds is 4. The van der Waals surface area contributed by atoms with Crippen molar-refractivity contribution in [3.8, 4) is 0 Å². The molecule has 0 heterocycles. The van der Waals surface area contributed by atoms with Crippen molar-refractivity contribution < 1.29 is 9.53 Å². The summed E-state index contributed by atoms with van der Waals surface area (Å²) in [5.74, 6) is 0.612. The third kappa shape index (κ3) is 5.39. The summed E-state index contributed by atoms with van der Waals surface area (Å²) in [6, 6.07) is 0. The SMILES string of the molecule is CC(C)(C)OC(=O)NCC(C)(CN)C1CCCCC1. The molecule has 1 saturated carbocycles. The number of nitrogens with one attached hydrogen (secondary N) is 1. The van der Waals surface area contributed by atoms with Crippen molar-refractivity contribution >= 4 is 6.09 Å². The Kier molecular flexibility index (Phi) is 5.65. The number of carbonyl (C=O) groups excluding carboxylic acids is 1. The summed E-state index contributed by atoms with van der Waals surface area (Å²) < 4.78 is 5.27. The molecule has 112 valence electrons. The Bertz CT molecular complexity index is 293. The van der Waals surface area contributed by atoms with Crippen LogP contribution in [0.3, 0.4) is 0 Å². The van der Waals surface area contributed by atoms with Crippen LogP contribution < -0.4 is 11.1 Å². The van der Waals surface area contributed by atoms with Crippen LogP contribution in [0.4, 0.5) is 4.79 Å². The molecule has 0 bridgehead atoms. The highest BCUT2D eigenvalue weighted by Crippen LogP contribution is 2.37. The molecule has 0 radical (unpaired) electrons. The molecule has 3 N–H and O–H groups in total. The van der Waals surface area contributed by atoms with E-state index in [1.54, 1.807) is 0 Å². The van der Waals surface area contributed by atoms with Crippen LogP contribution in [0.25, 0.3) is 0 Å². The van der Waals surface area contributed by atoms with Crippen LogP contribution in [-0.4, -0.2) is 24.8 Å². The summed E-state index contributed by atoms with van der Waals surface area (Å²) >= 11 is 0. The van der Waals surface area contributed by atoms with Gasteiger partial charge >= 0.3 is 6.09 Å². The van der Waals surface area contributed by atoms with E-state index in [-0.39, 0.29) is 11.5 Å². The van der Waals surface area contributed by atoms with E-state index in [9.17, 15) is 4.79 Å².